The second-order valence-electron chi connectivity index (χ2n) is 25.6. The maximum Gasteiger partial charge on any atom is 0.472 e. The number of phosphoric acid groups is 2. The largest absolute Gasteiger partial charge is 0.472 e. The molecule has 19 heteroatoms. The van der Waals surface area contributed by atoms with E-state index >= 15 is 0 Å². The third-order valence-corrected chi connectivity index (χ3v) is 18.9. The van der Waals surface area contributed by atoms with Gasteiger partial charge in [0.25, 0.3) is 0 Å². The van der Waals surface area contributed by atoms with Gasteiger partial charge in [-0.25, -0.2) is 9.13 Å². The molecule has 522 valence electrons. The van der Waals surface area contributed by atoms with Gasteiger partial charge in [-0.3, -0.25) is 37.3 Å². The highest BCUT2D eigenvalue weighted by Gasteiger charge is 2.30. The maximum atomic E-state index is 13.0. The summed E-state index contributed by atoms with van der Waals surface area (Å²) in [5.74, 6) is 0.123. The molecule has 0 heterocycles. The highest BCUT2D eigenvalue weighted by molar-refractivity contribution is 7.47. The van der Waals surface area contributed by atoms with E-state index in [-0.39, 0.29) is 25.7 Å². The zero-order valence-corrected chi connectivity index (χ0v) is 59.0. The van der Waals surface area contributed by atoms with Gasteiger partial charge in [-0.05, 0) is 43.4 Å². The normalized spacial score (nSPS) is 15.2. The Hall–Kier alpha value is -1.94. The van der Waals surface area contributed by atoms with Gasteiger partial charge in [-0.2, -0.15) is 0 Å². The van der Waals surface area contributed by atoms with Crippen LogP contribution in [0.3, 0.4) is 0 Å². The number of hydrogen-bond donors (Lipinski definition) is 3. The van der Waals surface area contributed by atoms with Gasteiger partial charge >= 0.3 is 39.5 Å². The highest BCUT2D eigenvalue weighted by atomic mass is 31.2. The van der Waals surface area contributed by atoms with Gasteiger partial charge in [0.15, 0.2) is 12.2 Å². The fourth-order valence-corrected chi connectivity index (χ4v) is 11.8. The topological polar surface area (TPSA) is 237 Å². The molecule has 8 atom stereocenters. The number of ether oxygens (including phenoxy) is 4. The highest BCUT2D eigenvalue weighted by Crippen LogP contribution is 2.45. The van der Waals surface area contributed by atoms with Crippen molar-refractivity contribution in [2.75, 3.05) is 39.6 Å². The van der Waals surface area contributed by atoms with Gasteiger partial charge < -0.3 is 33.8 Å². The summed E-state index contributed by atoms with van der Waals surface area (Å²) >= 11 is 0. The van der Waals surface area contributed by atoms with Crippen LogP contribution in [0.5, 0.6) is 0 Å². The van der Waals surface area contributed by atoms with Crippen molar-refractivity contribution in [1.29, 1.82) is 0 Å². The summed E-state index contributed by atoms with van der Waals surface area (Å²) in [6.45, 7) is 11.8. The molecule has 0 aromatic carbocycles. The van der Waals surface area contributed by atoms with Gasteiger partial charge in [0, 0.05) is 25.7 Å². The van der Waals surface area contributed by atoms with Gasteiger partial charge in [0.05, 0.1) is 26.4 Å². The minimum absolute atomic E-state index is 0.102. The smallest absolute Gasteiger partial charge is 0.462 e. The average molecular weight is 1300 g/mol. The number of hydrogen-bond acceptors (Lipinski definition) is 15. The van der Waals surface area contributed by atoms with Gasteiger partial charge in [0.1, 0.15) is 19.3 Å². The predicted molar refractivity (Wildman–Crippen MR) is 354 cm³/mol. The quantitative estimate of drug-likeness (QED) is 0.0222. The minimum Gasteiger partial charge on any atom is -0.462 e. The van der Waals surface area contributed by atoms with Gasteiger partial charge in [-0.15, -0.1) is 0 Å². The number of esters is 4. The first kappa shape index (κ1) is 86.1. The Labute approximate surface area is 537 Å². The monoisotopic (exact) mass is 1300 g/mol. The van der Waals surface area contributed by atoms with Crippen molar-refractivity contribution in [1.82, 2.24) is 0 Å². The number of rotatable bonds is 67. The molecule has 0 aliphatic carbocycles. The Balaban J connectivity index is 5.26. The van der Waals surface area contributed by atoms with E-state index in [2.05, 4.69) is 48.5 Å². The molecule has 0 bridgehead atoms. The summed E-state index contributed by atoms with van der Waals surface area (Å²) in [7, 11) is -9.90. The minimum atomic E-state index is -4.95. The van der Waals surface area contributed by atoms with Crippen LogP contribution >= 0.6 is 15.6 Å². The summed E-state index contributed by atoms with van der Waals surface area (Å²) in [6.07, 6.45) is 43.0. The molecule has 17 nitrogen and oxygen atoms in total. The molecule has 0 saturated heterocycles. The standard InChI is InChI=1S/C69H134O17P2/c1-8-12-13-14-15-16-17-18-19-20-24-27-36-43-50-66(71)79-56-64(85-68(73)52-45-38-28-25-22-21-23-26-33-40-47-60(5)9-2)58-83-87(75,76)81-54-63(70)55-82-88(77,78)84-59-65(86-69(74)53-46-39-32-30-35-42-49-62(7)11-4)57-80-67(72)51-44-37-31-29-34-41-48-61(6)10-3/h60-65,70H,8-59H2,1-7H3,(H,75,76)(H,77,78)/t60?,61?,62?,63-,64-,65-/m1/s1. The van der Waals surface area contributed by atoms with Crippen molar-refractivity contribution < 1.29 is 80.2 Å². The maximum absolute atomic E-state index is 13.0. The van der Waals surface area contributed by atoms with Gasteiger partial charge in [0.2, 0.25) is 0 Å². The Bertz CT molecular complexity index is 1740. The average Bonchev–Trinajstić information content (AvgIpc) is 3.60. The predicted octanol–water partition coefficient (Wildman–Crippen LogP) is 19.5. The van der Waals surface area contributed by atoms with Crippen molar-refractivity contribution >= 4 is 39.5 Å². The van der Waals surface area contributed by atoms with Crippen LogP contribution in [0, 0.1) is 17.8 Å². The molecule has 0 aromatic rings. The first-order valence-corrected chi connectivity index (χ1v) is 39.0. The second kappa shape index (κ2) is 60.0. The molecule has 0 aromatic heterocycles. The van der Waals surface area contributed by atoms with Crippen LogP contribution < -0.4 is 0 Å². The van der Waals surface area contributed by atoms with Crippen molar-refractivity contribution in [3.05, 3.63) is 0 Å². The molecule has 0 fully saturated rings. The lowest BCUT2D eigenvalue weighted by Gasteiger charge is -2.21. The molecule has 0 saturated carbocycles. The van der Waals surface area contributed by atoms with E-state index in [4.69, 9.17) is 37.0 Å². The first-order valence-electron chi connectivity index (χ1n) is 36.0. The van der Waals surface area contributed by atoms with Crippen LogP contribution in [0.15, 0.2) is 0 Å². The van der Waals surface area contributed by atoms with Crippen LogP contribution in [-0.2, 0) is 65.4 Å². The van der Waals surface area contributed by atoms with E-state index in [0.717, 1.165) is 114 Å². The molecule has 88 heavy (non-hydrogen) atoms. The van der Waals surface area contributed by atoms with E-state index in [9.17, 15) is 43.2 Å². The zero-order chi connectivity index (χ0) is 65.2. The van der Waals surface area contributed by atoms with E-state index in [0.29, 0.717) is 25.7 Å². The Morgan fingerprint density at radius 3 is 0.807 bits per heavy atom. The number of carbonyl (C=O) groups excluding carboxylic acids is 4. The summed E-state index contributed by atoms with van der Waals surface area (Å²) in [5, 5.41) is 10.6. The summed E-state index contributed by atoms with van der Waals surface area (Å²) < 4.78 is 68.2. The van der Waals surface area contributed by atoms with Crippen molar-refractivity contribution in [3.8, 4) is 0 Å². The number of carbonyl (C=O) groups is 4. The molecular formula is C69H134O17P2. The van der Waals surface area contributed by atoms with Crippen molar-refractivity contribution in [2.45, 2.75) is 362 Å². The molecule has 5 unspecified atom stereocenters. The van der Waals surface area contributed by atoms with Crippen molar-refractivity contribution in [2.24, 2.45) is 17.8 Å². The summed E-state index contributed by atoms with van der Waals surface area (Å²) in [6, 6.07) is 0. The zero-order valence-electron chi connectivity index (χ0n) is 57.2. The Morgan fingerprint density at radius 1 is 0.318 bits per heavy atom. The van der Waals surface area contributed by atoms with Crippen LogP contribution in [0.25, 0.3) is 0 Å². The first-order chi connectivity index (χ1) is 42.3. The lowest BCUT2D eigenvalue weighted by Crippen LogP contribution is -2.30. The molecular weight excluding hydrogens is 1160 g/mol. The SMILES string of the molecule is CCCCCCCCCCCCCCCCC(=O)OC[C@H](COP(=O)(O)OC[C@@H](O)COP(=O)(O)OC[C@@H](COC(=O)CCCCCCCCC(C)CC)OC(=O)CCCCCCCCC(C)CC)OC(=O)CCCCCCCCCCCCC(C)CC. The van der Waals surface area contributed by atoms with Crippen LogP contribution in [0.1, 0.15) is 344 Å². The summed E-state index contributed by atoms with van der Waals surface area (Å²) in [4.78, 5) is 72.5. The number of aliphatic hydroxyl groups is 1. The fraction of sp³-hybridized carbons (Fsp3) is 0.942. The fourth-order valence-electron chi connectivity index (χ4n) is 10.3. The third-order valence-electron chi connectivity index (χ3n) is 17.0. The molecule has 0 spiro atoms. The third kappa shape index (κ3) is 59.1. The molecule has 0 amide bonds. The van der Waals surface area contributed by atoms with E-state index in [1.165, 1.54) is 148 Å². The lowest BCUT2D eigenvalue weighted by molar-refractivity contribution is -0.161. The van der Waals surface area contributed by atoms with E-state index in [1.807, 2.05) is 0 Å². The Morgan fingerprint density at radius 2 is 0.545 bits per heavy atom. The van der Waals surface area contributed by atoms with E-state index < -0.39 is 97.5 Å². The molecule has 3 N–H and O–H groups in total. The Kier molecular flexibility index (Phi) is 58.7. The molecule has 0 rings (SSSR count). The van der Waals surface area contributed by atoms with Crippen LogP contribution in [0.2, 0.25) is 0 Å². The summed E-state index contributed by atoms with van der Waals surface area (Å²) in [5.41, 5.74) is 0. The number of aliphatic hydroxyl groups excluding tert-OH is 1. The number of phosphoric ester groups is 2. The van der Waals surface area contributed by atoms with Crippen molar-refractivity contribution in [3.63, 3.8) is 0 Å². The van der Waals surface area contributed by atoms with E-state index in [1.54, 1.807) is 0 Å². The lowest BCUT2D eigenvalue weighted by atomic mass is 9.99. The number of unbranched alkanes of at least 4 members (excludes halogenated alkanes) is 32. The van der Waals surface area contributed by atoms with Crippen LogP contribution in [0.4, 0.5) is 0 Å². The van der Waals surface area contributed by atoms with Gasteiger partial charge in [-0.1, -0.05) is 292 Å². The molecule has 0 aliphatic rings. The molecule has 0 radical (unpaired) electrons. The van der Waals surface area contributed by atoms with Crippen LogP contribution in [-0.4, -0.2) is 96.7 Å². The second-order valence-corrected chi connectivity index (χ2v) is 28.6. The molecule has 0 aliphatic heterocycles.